The Labute approximate surface area is 93.9 Å². The molecule has 0 fully saturated rings. The fraction of sp³-hybridized carbons (Fsp3) is 0.273. The number of hydrogen-bond acceptors (Lipinski definition) is 4. The average molecular weight is 218 g/mol. The van der Waals surface area contributed by atoms with Gasteiger partial charge < -0.3 is 10.5 Å². The minimum absolute atomic E-state index is 0.577. The zero-order valence-electron chi connectivity index (χ0n) is 9.13. The maximum Gasteiger partial charge on any atom is 0.138 e. The topological polar surface area (TPSA) is 66.0 Å². The number of rotatable bonds is 4. The Bertz CT molecular complexity index is 449. The highest BCUT2D eigenvalue weighted by Crippen LogP contribution is 2.12. The van der Waals surface area contributed by atoms with Crippen molar-refractivity contribution in [2.75, 3.05) is 13.7 Å². The molecule has 0 aromatic carbocycles. The average Bonchev–Trinajstić information content (AvgIpc) is 2.78. The first kappa shape index (κ1) is 10.6. The van der Waals surface area contributed by atoms with E-state index in [1.807, 2.05) is 22.9 Å². The van der Waals surface area contributed by atoms with Crippen LogP contribution in [0, 0.1) is 0 Å². The molecule has 0 aliphatic heterocycles. The van der Waals surface area contributed by atoms with Crippen molar-refractivity contribution in [2.24, 2.45) is 5.73 Å². The maximum atomic E-state index is 5.52. The summed E-state index contributed by atoms with van der Waals surface area (Å²) in [4.78, 5) is 8.53. The molecule has 5 nitrogen and oxygen atoms in total. The second kappa shape index (κ2) is 4.76. The van der Waals surface area contributed by atoms with Gasteiger partial charge in [-0.05, 0) is 18.7 Å². The molecule has 0 spiro atoms. The third kappa shape index (κ3) is 2.04. The van der Waals surface area contributed by atoms with Gasteiger partial charge in [0.25, 0.3) is 0 Å². The van der Waals surface area contributed by atoms with Gasteiger partial charge >= 0.3 is 0 Å². The van der Waals surface area contributed by atoms with Crippen LogP contribution >= 0.6 is 0 Å². The van der Waals surface area contributed by atoms with Gasteiger partial charge in [0.2, 0.25) is 0 Å². The molecule has 2 N–H and O–H groups in total. The lowest BCUT2D eigenvalue weighted by atomic mass is 10.4. The zero-order valence-corrected chi connectivity index (χ0v) is 9.13. The van der Waals surface area contributed by atoms with Gasteiger partial charge in [0.05, 0.1) is 13.3 Å². The van der Waals surface area contributed by atoms with E-state index < -0.39 is 0 Å². The van der Waals surface area contributed by atoms with E-state index in [1.165, 1.54) is 0 Å². The molecule has 0 atom stereocenters. The van der Waals surface area contributed by atoms with Gasteiger partial charge in [-0.3, -0.25) is 4.57 Å². The molecule has 16 heavy (non-hydrogen) atoms. The molecule has 2 aromatic rings. The van der Waals surface area contributed by atoms with E-state index in [0.717, 1.165) is 23.8 Å². The van der Waals surface area contributed by atoms with Crippen LogP contribution in [0.2, 0.25) is 0 Å². The normalized spacial score (nSPS) is 10.4. The summed E-state index contributed by atoms with van der Waals surface area (Å²) in [7, 11) is 1.62. The van der Waals surface area contributed by atoms with Crippen LogP contribution in [0.3, 0.4) is 0 Å². The Morgan fingerprint density at radius 1 is 1.38 bits per heavy atom. The van der Waals surface area contributed by atoms with Crippen molar-refractivity contribution in [2.45, 2.75) is 6.42 Å². The molecule has 0 saturated carbocycles. The molecular weight excluding hydrogens is 204 g/mol. The number of imidazole rings is 1. The largest absolute Gasteiger partial charge is 0.495 e. The van der Waals surface area contributed by atoms with Crippen molar-refractivity contribution in [3.05, 3.63) is 36.5 Å². The summed E-state index contributed by atoms with van der Waals surface area (Å²) >= 11 is 0. The third-order valence-electron chi connectivity index (χ3n) is 2.29. The molecule has 0 aliphatic rings. The molecule has 2 heterocycles. The monoisotopic (exact) mass is 218 g/mol. The summed E-state index contributed by atoms with van der Waals surface area (Å²) in [6.07, 6.45) is 6.04. The molecule has 0 amide bonds. The standard InChI is InChI=1S/C11H14N4O/c1-16-9-2-3-10(14-8-9)15-7-6-13-11(15)4-5-12/h2-3,6-8H,4-5,12H2,1H3. The Morgan fingerprint density at radius 3 is 2.88 bits per heavy atom. The second-order valence-electron chi connectivity index (χ2n) is 3.31. The number of methoxy groups -OCH3 is 1. The van der Waals surface area contributed by atoms with E-state index in [9.17, 15) is 0 Å². The van der Waals surface area contributed by atoms with E-state index in [1.54, 1.807) is 19.5 Å². The lowest BCUT2D eigenvalue weighted by Crippen LogP contribution is -2.09. The minimum atomic E-state index is 0.577. The Balaban J connectivity index is 2.31. The molecule has 84 valence electrons. The molecule has 0 unspecified atom stereocenters. The summed E-state index contributed by atoms with van der Waals surface area (Å²) in [6.45, 7) is 0.577. The Morgan fingerprint density at radius 2 is 2.25 bits per heavy atom. The number of hydrogen-bond donors (Lipinski definition) is 1. The molecule has 2 aromatic heterocycles. The highest BCUT2D eigenvalue weighted by atomic mass is 16.5. The van der Waals surface area contributed by atoms with Crippen LogP contribution in [0.4, 0.5) is 0 Å². The first-order valence-electron chi connectivity index (χ1n) is 5.08. The first-order chi connectivity index (χ1) is 7.85. The fourth-order valence-corrected chi connectivity index (χ4v) is 1.49. The highest BCUT2D eigenvalue weighted by molar-refractivity contribution is 5.30. The predicted octanol–water partition coefficient (Wildman–Crippen LogP) is 0.777. The lowest BCUT2D eigenvalue weighted by Gasteiger charge is -2.06. The highest BCUT2D eigenvalue weighted by Gasteiger charge is 2.04. The quantitative estimate of drug-likeness (QED) is 0.823. The number of ether oxygens (including phenoxy) is 1. The van der Waals surface area contributed by atoms with Crippen molar-refractivity contribution in [3.8, 4) is 11.6 Å². The van der Waals surface area contributed by atoms with Gasteiger partial charge in [-0.1, -0.05) is 0 Å². The Hall–Kier alpha value is -1.88. The van der Waals surface area contributed by atoms with E-state index in [0.29, 0.717) is 6.54 Å². The molecule has 5 heteroatoms. The SMILES string of the molecule is COc1ccc(-n2ccnc2CCN)nc1. The van der Waals surface area contributed by atoms with Gasteiger partial charge in [-0.15, -0.1) is 0 Å². The van der Waals surface area contributed by atoms with Crippen molar-refractivity contribution < 1.29 is 4.74 Å². The number of pyridine rings is 1. The van der Waals surface area contributed by atoms with Gasteiger partial charge in [-0.2, -0.15) is 0 Å². The predicted molar refractivity (Wildman–Crippen MR) is 60.7 cm³/mol. The fourth-order valence-electron chi connectivity index (χ4n) is 1.49. The van der Waals surface area contributed by atoms with Crippen LogP contribution in [0.1, 0.15) is 5.82 Å². The van der Waals surface area contributed by atoms with E-state index >= 15 is 0 Å². The van der Waals surface area contributed by atoms with E-state index in [4.69, 9.17) is 10.5 Å². The Kier molecular flexibility index (Phi) is 3.16. The van der Waals surface area contributed by atoms with Gasteiger partial charge in [-0.25, -0.2) is 9.97 Å². The van der Waals surface area contributed by atoms with Gasteiger partial charge in [0.15, 0.2) is 0 Å². The van der Waals surface area contributed by atoms with E-state index in [-0.39, 0.29) is 0 Å². The lowest BCUT2D eigenvalue weighted by molar-refractivity contribution is 0.412. The van der Waals surface area contributed by atoms with E-state index in [2.05, 4.69) is 9.97 Å². The number of aromatic nitrogens is 3. The van der Waals surface area contributed by atoms with Crippen LogP contribution in [0.15, 0.2) is 30.7 Å². The summed E-state index contributed by atoms with van der Waals surface area (Å²) < 4.78 is 6.98. The summed E-state index contributed by atoms with van der Waals surface area (Å²) in [5.74, 6) is 2.48. The number of nitrogens with zero attached hydrogens (tertiary/aromatic N) is 3. The zero-order chi connectivity index (χ0) is 11.4. The van der Waals surface area contributed by atoms with Crippen LogP contribution in [0.25, 0.3) is 5.82 Å². The molecular formula is C11H14N4O. The summed E-state index contributed by atoms with van der Waals surface area (Å²) in [6, 6.07) is 3.76. The summed E-state index contributed by atoms with van der Waals surface area (Å²) in [5, 5.41) is 0. The molecule has 2 rings (SSSR count). The molecule has 0 aliphatic carbocycles. The van der Waals surface area contributed by atoms with Crippen molar-refractivity contribution in [1.82, 2.24) is 14.5 Å². The molecule has 0 bridgehead atoms. The third-order valence-corrected chi connectivity index (χ3v) is 2.29. The van der Waals surface area contributed by atoms with Crippen LogP contribution in [-0.4, -0.2) is 28.2 Å². The smallest absolute Gasteiger partial charge is 0.138 e. The second-order valence-corrected chi connectivity index (χ2v) is 3.31. The molecule has 0 saturated heterocycles. The van der Waals surface area contributed by atoms with Crippen LogP contribution in [0.5, 0.6) is 5.75 Å². The summed E-state index contributed by atoms with van der Waals surface area (Å²) in [5.41, 5.74) is 5.52. The van der Waals surface area contributed by atoms with Crippen molar-refractivity contribution in [3.63, 3.8) is 0 Å². The van der Waals surface area contributed by atoms with Crippen molar-refractivity contribution >= 4 is 0 Å². The van der Waals surface area contributed by atoms with Gasteiger partial charge in [0, 0.05) is 18.8 Å². The first-order valence-corrected chi connectivity index (χ1v) is 5.08. The van der Waals surface area contributed by atoms with Crippen LogP contribution < -0.4 is 10.5 Å². The van der Waals surface area contributed by atoms with Crippen molar-refractivity contribution in [1.29, 1.82) is 0 Å². The maximum absolute atomic E-state index is 5.52. The van der Waals surface area contributed by atoms with Gasteiger partial charge in [0.1, 0.15) is 17.4 Å². The minimum Gasteiger partial charge on any atom is -0.495 e. The van der Waals surface area contributed by atoms with Crippen LogP contribution in [-0.2, 0) is 6.42 Å². The number of nitrogens with two attached hydrogens (primary N) is 1. The molecule has 0 radical (unpaired) electrons.